The summed E-state index contributed by atoms with van der Waals surface area (Å²) in [6.45, 7) is 5.05. The summed E-state index contributed by atoms with van der Waals surface area (Å²) in [6, 6.07) is 19.0. The van der Waals surface area contributed by atoms with Gasteiger partial charge in [-0.05, 0) is 63.2 Å². The van der Waals surface area contributed by atoms with E-state index in [2.05, 4.69) is 26.6 Å². The number of rotatable bonds is 10. The number of piperidine rings is 1. The number of nitrogens with one attached hydrogen (secondary N) is 2. The van der Waals surface area contributed by atoms with Crippen molar-refractivity contribution in [2.75, 3.05) is 36.9 Å². The van der Waals surface area contributed by atoms with E-state index in [1.54, 1.807) is 42.5 Å². The third-order valence-electron chi connectivity index (χ3n) is 6.90. The van der Waals surface area contributed by atoms with E-state index in [4.69, 9.17) is 9.47 Å². The van der Waals surface area contributed by atoms with Crippen LogP contribution in [-0.4, -0.2) is 42.0 Å². The first-order valence-electron chi connectivity index (χ1n) is 14.0. The molecule has 1 aromatic heterocycles. The number of aromatic nitrogens is 1. The van der Waals surface area contributed by atoms with Crippen molar-refractivity contribution in [2.45, 2.75) is 26.2 Å². The number of nitriles is 1. The van der Waals surface area contributed by atoms with Gasteiger partial charge in [-0.25, -0.2) is 4.39 Å². The van der Waals surface area contributed by atoms with Gasteiger partial charge in [-0.2, -0.15) is 5.26 Å². The molecule has 2 heterocycles. The van der Waals surface area contributed by atoms with E-state index < -0.39 is 5.82 Å². The molecule has 3 aromatic carbocycles. The highest BCUT2D eigenvalue weighted by atomic mass is 19.1. The standard InChI is InChI=1S/C33H32FN5O3/c1-2-41-31-20-28-26(19-29(31)38-32(40)12-9-17-39-15-7-4-8-16-39)33(23(21-35)22-36-28)37-24-13-14-30(27(34)18-24)42-25-10-5-3-6-11-25/h3,5-6,9-14,18-20,22H,2,4,7-8,15-17H2,1H3,(H,36,37)(H,38,40). The van der Waals surface area contributed by atoms with Crippen LogP contribution in [0.25, 0.3) is 10.9 Å². The summed E-state index contributed by atoms with van der Waals surface area (Å²) in [7, 11) is 0. The molecule has 42 heavy (non-hydrogen) atoms. The van der Waals surface area contributed by atoms with Crippen LogP contribution >= 0.6 is 0 Å². The number of carbonyl (C=O) groups is 1. The van der Waals surface area contributed by atoms with Gasteiger partial charge in [0.25, 0.3) is 0 Å². The molecular formula is C33H32FN5O3. The lowest BCUT2D eigenvalue weighted by molar-refractivity contribution is -0.111. The third-order valence-corrected chi connectivity index (χ3v) is 6.90. The second kappa shape index (κ2) is 13.6. The van der Waals surface area contributed by atoms with Crippen molar-refractivity contribution in [2.24, 2.45) is 0 Å². The molecule has 0 bridgehead atoms. The quantitative estimate of drug-likeness (QED) is 0.197. The number of hydrogen-bond acceptors (Lipinski definition) is 7. The number of nitrogens with zero attached hydrogens (tertiary/aromatic N) is 3. The smallest absolute Gasteiger partial charge is 0.248 e. The number of hydrogen-bond donors (Lipinski definition) is 2. The van der Waals surface area contributed by atoms with Crippen LogP contribution in [0.4, 0.5) is 21.5 Å². The Balaban J connectivity index is 1.41. The van der Waals surface area contributed by atoms with Gasteiger partial charge in [0, 0.05) is 42.0 Å². The molecule has 1 amide bonds. The van der Waals surface area contributed by atoms with Crippen LogP contribution in [0.3, 0.4) is 0 Å². The molecule has 0 aliphatic carbocycles. The van der Waals surface area contributed by atoms with Crippen molar-refractivity contribution in [1.82, 2.24) is 9.88 Å². The largest absolute Gasteiger partial charge is 0.492 e. The predicted molar refractivity (Wildman–Crippen MR) is 162 cm³/mol. The van der Waals surface area contributed by atoms with E-state index in [0.29, 0.717) is 46.1 Å². The number of carbonyl (C=O) groups excluding carboxylic acids is 1. The molecule has 1 aliphatic heterocycles. The van der Waals surface area contributed by atoms with Crippen LogP contribution < -0.4 is 20.1 Å². The van der Waals surface area contributed by atoms with Gasteiger partial charge in [-0.15, -0.1) is 0 Å². The van der Waals surface area contributed by atoms with Crippen LogP contribution in [0.15, 0.2) is 79.0 Å². The number of halogens is 1. The van der Waals surface area contributed by atoms with Gasteiger partial charge in [-0.1, -0.05) is 30.7 Å². The third kappa shape index (κ3) is 7.03. The van der Waals surface area contributed by atoms with E-state index in [-0.39, 0.29) is 17.2 Å². The molecule has 1 aliphatic rings. The SMILES string of the molecule is CCOc1cc2ncc(C#N)c(Nc3ccc(Oc4ccccc4)c(F)c3)c2cc1NC(=O)C=CCN1CCCCC1. The highest BCUT2D eigenvalue weighted by molar-refractivity contribution is 6.04. The van der Waals surface area contributed by atoms with Crippen molar-refractivity contribution in [3.05, 3.63) is 90.4 Å². The Morgan fingerprint density at radius 1 is 1.10 bits per heavy atom. The molecule has 1 fully saturated rings. The zero-order valence-corrected chi connectivity index (χ0v) is 23.4. The van der Waals surface area contributed by atoms with Crippen LogP contribution in [0.1, 0.15) is 31.7 Å². The first-order chi connectivity index (χ1) is 20.5. The van der Waals surface area contributed by atoms with Crippen molar-refractivity contribution in [1.29, 1.82) is 5.26 Å². The number of anilines is 3. The number of pyridine rings is 1. The molecule has 4 aromatic rings. The summed E-state index contributed by atoms with van der Waals surface area (Å²) in [5.74, 6) is 0.196. The number of ether oxygens (including phenoxy) is 2. The number of fused-ring (bicyclic) bond motifs is 1. The molecule has 5 rings (SSSR count). The van der Waals surface area contributed by atoms with Gasteiger partial charge >= 0.3 is 0 Å². The monoisotopic (exact) mass is 565 g/mol. The molecule has 9 heteroatoms. The molecule has 0 saturated carbocycles. The van der Waals surface area contributed by atoms with Crippen LogP contribution in [-0.2, 0) is 4.79 Å². The minimum Gasteiger partial charge on any atom is -0.492 e. The van der Waals surface area contributed by atoms with Crippen LogP contribution in [0.2, 0.25) is 0 Å². The fourth-order valence-electron chi connectivity index (χ4n) is 4.86. The summed E-state index contributed by atoms with van der Waals surface area (Å²) in [4.78, 5) is 19.6. The maximum atomic E-state index is 15.0. The molecule has 214 valence electrons. The molecule has 8 nitrogen and oxygen atoms in total. The van der Waals surface area contributed by atoms with Crippen molar-refractivity contribution < 1.29 is 18.7 Å². The van der Waals surface area contributed by atoms with Crippen LogP contribution in [0, 0.1) is 17.1 Å². The molecule has 0 unspecified atom stereocenters. The average molecular weight is 566 g/mol. The molecule has 2 N–H and O–H groups in total. The first-order valence-corrected chi connectivity index (χ1v) is 14.0. The Morgan fingerprint density at radius 2 is 1.90 bits per heavy atom. The lowest BCUT2D eigenvalue weighted by Gasteiger charge is -2.24. The summed E-state index contributed by atoms with van der Waals surface area (Å²) in [6.07, 6.45) is 8.46. The van der Waals surface area contributed by atoms with Crippen molar-refractivity contribution in [3.63, 3.8) is 0 Å². The molecule has 0 spiro atoms. The second-order valence-corrected chi connectivity index (χ2v) is 9.90. The summed E-state index contributed by atoms with van der Waals surface area (Å²) >= 11 is 0. The van der Waals surface area contributed by atoms with E-state index in [1.807, 2.05) is 19.1 Å². The van der Waals surface area contributed by atoms with Gasteiger partial charge in [-0.3, -0.25) is 14.7 Å². The van der Waals surface area contributed by atoms with E-state index in [9.17, 15) is 14.4 Å². The fourth-order valence-corrected chi connectivity index (χ4v) is 4.86. The Kier molecular flexibility index (Phi) is 9.27. The minimum absolute atomic E-state index is 0.0755. The van der Waals surface area contributed by atoms with Crippen molar-refractivity contribution >= 4 is 33.9 Å². The molecule has 0 atom stereocenters. The first kappa shape index (κ1) is 28.6. The normalized spacial score (nSPS) is 13.5. The topological polar surface area (TPSA) is 99.5 Å². The lowest BCUT2D eigenvalue weighted by Crippen LogP contribution is -2.29. The fraction of sp³-hybridized carbons (Fsp3) is 0.242. The van der Waals surface area contributed by atoms with Gasteiger partial charge in [0.05, 0.1) is 29.1 Å². The van der Waals surface area contributed by atoms with E-state index >= 15 is 0 Å². The highest BCUT2D eigenvalue weighted by Crippen LogP contribution is 2.37. The summed E-state index contributed by atoms with van der Waals surface area (Å²) < 4.78 is 26.4. The molecule has 1 saturated heterocycles. The Bertz CT molecular complexity index is 1630. The highest BCUT2D eigenvalue weighted by Gasteiger charge is 2.16. The molecule has 0 radical (unpaired) electrons. The Morgan fingerprint density at radius 3 is 2.64 bits per heavy atom. The maximum Gasteiger partial charge on any atom is 0.248 e. The number of benzene rings is 3. The molecular weight excluding hydrogens is 533 g/mol. The zero-order valence-electron chi connectivity index (χ0n) is 23.4. The maximum absolute atomic E-state index is 15.0. The van der Waals surface area contributed by atoms with E-state index in [0.717, 1.165) is 19.6 Å². The number of amides is 1. The Hall–Kier alpha value is -4.94. The van der Waals surface area contributed by atoms with Gasteiger partial charge in [0.2, 0.25) is 5.91 Å². The van der Waals surface area contributed by atoms with E-state index in [1.165, 1.54) is 43.7 Å². The second-order valence-electron chi connectivity index (χ2n) is 9.90. The number of likely N-dealkylation sites (tertiary alicyclic amines) is 1. The summed E-state index contributed by atoms with van der Waals surface area (Å²) in [5.41, 5.74) is 2.09. The predicted octanol–water partition coefficient (Wildman–Crippen LogP) is 7.16. The van der Waals surface area contributed by atoms with Crippen molar-refractivity contribution in [3.8, 4) is 23.3 Å². The zero-order chi connectivity index (χ0) is 29.3. The average Bonchev–Trinajstić information content (AvgIpc) is 3.00. The van der Waals surface area contributed by atoms with Gasteiger partial charge in [0.1, 0.15) is 17.6 Å². The lowest BCUT2D eigenvalue weighted by atomic mass is 10.1. The number of para-hydroxylation sites is 1. The minimum atomic E-state index is -0.566. The summed E-state index contributed by atoms with van der Waals surface area (Å²) in [5, 5.41) is 16.5. The van der Waals surface area contributed by atoms with Gasteiger partial charge < -0.3 is 20.1 Å². The van der Waals surface area contributed by atoms with Crippen LogP contribution in [0.5, 0.6) is 17.2 Å². The Labute approximate surface area is 244 Å². The van der Waals surface area contributed by atoms with Gasteiger partial charge in [0.15, 0.2) is 11.6 Å².